The number of guanidine groups is 1. The quantitative estimate of drug-likeness (QED) is 0.343. The molecule has 0 amide bonds. The molecule has 4 rings (SSSR count). The summed E-state index contributed by atoms with van der Waals surface area (Å²) in [5.74, 6) is 0.799. The number of nitrogens with zero attached hydrogens (tertiary/aromatic N) is 5. The van der Waals surface area contributed by atoms with Crippen LogP contribution in [0.4, 0.5) is 0 Å². The van der Waals surface area contributed by atoms with Crippen molar-refractivity contribution in [3.63, 3.8) is 0 Å². The molecule has 2 aromatic carbocycles. The Kier molecular flexibility index (Phi) is 6.74. The molecular weight excluding hydrogens is 386 g/mol. The first-order valence-electron chi connectivity index (χ1n) is 10.5. The molecular formula is C24H27N7. The van der Waals surface area contributed by atoms with Gasteiger partial charge in [-0.05, 0) is 47.9 Å². The molecule has 0 radical (unpaired) electrons. The molecule has 158 valence electrons. The normalized spacial score (nSPS) is 11.5. The Balaban J connectivity index is 1.39. The summed E-state index contributed by atoms with van der Waals surface area (Å²) in [5, 5.41) is 15.4. The summed E-state index contributed by atoms with van der Waals surface area (Å²) in [4.78, 5) is 4.75. The maximum atomic E-state index is 4.75. The molecule has 0 atom stereocenters. The van der Waals surface area contributed by atoms with E-state index in [0.29, 0.717) is 13.1 Å². The lowest BCUT2D eigenvalue weighted by atomic mass is 10.1. The molecule has 0 fully saturated rings. The van der Waals surface area contributed by atoms with E-state index in [0.717, 1.165) is 30.3 Å². The highest BCUT2D eigenvalue weighted by molar-refractivity contribution is 5.79. The summed E-state index contributed by atoms with van der Waals surface area (Å²) < 4.78 is 3.78. The summed E-state index contributed by atoms with van der Waals surface area (Å²) >= 11 is 0. The van der Waals surface area contributed by atoms with E-state index in [4.69, 9.17) is 4.99 Å². The summed E-state index contributed by atoms with van der Waals surface area (Å²) in [6.45, 7) is 4.92. The van der Waals surface area contributed by atoms with Gasteiger partial charge in [0, 0.05) is 37.9 Å². The van der Waals surface area contributed by atoms with Crippen molar-refractivity contribution < 1.29 is 0 Å². The smallest absolute Gasteiger partial charge is 0.191 e. The molecule has 2 N–H and O–H groups in total. The van der Waals surface area contributed by atoms with E-state index in [-0.39, 0.29) is 0 Å². The van der Waals surface area contributed by atoms with E-state index in [1.54, 1.807) is 12.4 Å². The lowest BCUT2D eigenvalue weighted by molar-refractivity contribution is 0.677. The van der Waals surface area contributed by atoms with Gasteiger partial charge in [0.2, 0.25) is 0 Å². The van der Waals surface area contributed by atoms with Crippen molar-refractivity contribution in [1.82, 2.24) is 30.2 Å². The van der Waals surface area contributed by atoms with Crippen molar-refractivity contribution in [3.8, 4) is 5.69 Å². The third-order valence-electron chi connectivity index (χ3n) is 4.93. The van der Waals surface area contributed by atoms with Gasteiger partial charge in [-0.3, -0.25) is 4.68 Å². The van der Waals surface area contributed by atoms with E-state index in [9.17, 15) is 0 Å². The Morgan fingerprint density at radius 1 is 0.871 bits per heavy atom. The second kappa shape index (κ2) is 10.2. The van der Waals surface area contributed by atoms with Crippen LogP contribution in [0.1, 0.15) is 23.6 Å². The zero-order chi connectivity index (χ0) is 21.3. The first kappa shape index (κ1) is 20.4. The minimum absolute atomic E-state index is 0.601. The first-order valence-corrected chi connectivity index (χ1v) is 10.5. The molecule has 2 aromatic heterocycles. The van der Waals surface area contributed by atoms with Crippen molar-refractivity contribution in [1.29, 1.82) is 0 Å². The average molecular weight is 414 g/mol. The Hall–Kier alpha value is -3.87. The number of aliphatic imine (C=N–C) groups is 1. The topological polar surface area (TPSA) is 72.1 Å². The van der Waals surface area contributed by atoms with Gasteiger partial charge in [0.25, 0.3) is 0 Å². The fourth-order valence-corrected chi connectivity index (χ4v) is 3.32. The molecule has 2 heterocycles. The number of nitrogens with one attached hydrogen (secondary N) is 2. The van der Waals surface area contributed by atoms with Gasteiger partial charge < -0.3 is 10.6 Å². The molecule has 7 heteroatoms. The van der Waals surface area contributed by atoms with E-state index in [1.165, 1.54) is 11.1 Å². The number of hydrogen-bond donors (Lipinski definition) is 2. The Labute approximate surface area is 182 Å². The minimum atomic E-state index is 0.601. The largest absolute Gasteiger partial charge is 0.357 e. The van der Waals surface area contributed by atoms with E-state index < -0.39 is 0 Å². The van der Waals surface area contributed by atoms with Gasteiger partial charge in [-0.1, -0.05) is 36.4 Å². The molecule has 0 spiro atoms. The van der Waals surface area contributed by atoms with Gasteiger partial charge in [0.05, 0.1) is 18.8 Å². The van der Waals surface area contributed by atoms with Crippen LogP contribution in [0.5, 0.6) is 0 Å². The van der Waals surface area contributed by atoms with Crippen LogP contribution in [0.25, 0.3) is 5.69 Å². The monoisotopic (exact) mass is 413 g/mol. The fraction of sp³-hybridized carbons (Fsp3) is 0.208. The third-order valence-corrected chi connectivity index (χ3v) is 4.93. The number of benzene rings is 2. The second-order valence-corrected chi connectivity index (χ2v) is 7.14. The lowest BCUT2D eigenvalue weighted by Gasteiger charge is -2.14. The maximum Gasteiger partial charge on any atom is 0.191 e. The van der Waals surface area contributed by atoms with Crippen molar-refractivity contribution in [3.05, 3.63) is 102 Å². The number of rotatable bonds is 8. The van der Waals surface area contributed by atoms with Crippen LogP contribution in [0.15, 0.2) is 90.4 Å². The summed E-state index contributed by atoms with van der Waals surface area (Å²) in [5.41, 5.74) is 4.65. The average Bonchev–Trinajstić information content (AvgIpc) is 3.51. The van der Waals surface area contributed by atoms with Crippen LogP contribution in [-0.4, -0.2) is 32.1 Å². The van der Waals surface area contributed by atoms with E-state index in [1.807, 2.05) is 33.9 Å². The molecule has 0 aliphatic carbocycles. The highest BCUT2D eigenvalue weighted by Crippen LogP contribution is 2.11. The van der Waals surface area contributed by atoms with Gasteiger partial charge in [-0.2, -0.15) is 10.2 Å². The van der Waals surface area contributed by atoms with Crippen molar-refractivity contribution >= 4 is 5.96 Å². The highest BCUT2D eigenvalue weighted by Gasteiger charge is 2.05. The molecule has 4 aromatic rings. The standard InChI is InChI=1S/C24H27N7/c1-2-25-24(26-17-20-9-11-23(12-10-20)31-16-6-14-29-31)27-18-21-7-3-4-8-22(21)19-30-15-5-13-28-30/h3-16H,2,17-19H2,1H3,(H2,25,26,27). The van der Waals surface area contributed by atoms with Crippen LogP contribution in [0.3, 0.4) is 0 Å². The molecule has 7 nitrogen and oxygen atoms in total. The van der Waals surface area contributed by atoms with E-state index in [2.05, 4.69) is 76.3 Å². The summed E-state index contributed by atoms with van der Waals surface area (Å²) in [6.07, 6.45) is 7.50. The van der Waals surface area contributed by atoms with Gasteiger partial charge in [0.15, 0.2) is 5.96 Å². The van der Waals surface area contributed by atoms with Gasteiger partial charge in [-0.15, -0.1) is 0 Å². The molecule has 0 aliphatic rings. The van der Waals surface area contributed by atoms with Crippen LogP contribution < -0.4 is 10.6 Å². The fourth-order valence-electron chi connectivity index (χ4n) is 3.32. The zero-order valence-corrected chi connectivity index (χ0v) is 17.6. The Bertz CT molecular complexity index is 1080. The van der Waals surface area contributed by atoms with Crippen LogP contribution in [0.2, 0.25) is 0 Å². The minimum Gasteiger partial charge on any atom is -0.357 e. The molecule has 31 heavy (non-hydrogen) atoms. The van der Waals surface area contributed by atoms with Gasteiger partial charge in [0.1, 0.15) is 0 Å². The molecule has 0 saturated carbocycles. The second-order valence-electron chi connectivity index (χ2n) is 7.14. The molecule has 0 bridgehead atoms. The Morgan fingerprint density at radius 2 is 1.65 bits per heavy atom. The van der Waals surface area contributed by atoms with Crippen molar-refractivity contribution in [2.75, 3.05) is 6.54 Å². The molecule has 0 aliphatic heterocycles. The van der Waals surface area contributed by atoms with Gasteiger partial charge >= 0.3 is 0 Å². The number of hydrogen-bond acceptors (Lipinski definition) is 3. The van der Waals surface area contributed by atoms with Crippen molar-refractivity contribution in [2.45, 2.75) is 26.6 Å². The van der Waals surface area contributed by atoms with Crippen LogP contribution in [-0.2, 0) is 19.6 Å². The zero-order valence-electron chi connectivity index (χ0n) is 17.6. The van der Waals surface area contributed by atoms with E-state index >= 15 is 0 Å². The Morgan fingerprint density at radius 3 is 2.35 bits per heavy atom. The predicted octanol–water partition coefficient (Wildman–Crippen LogP) is 3.37. The van der Waals surface area contributed by atoms with Crippen LogP contribution >= 0.6 is 0 Å². The summed E-state index contributed by atoms with van der Waals surface area (Å²) in [6, 6.07) is 20.6. The maximum absolute atomic E-state index is 4.75. The first-order chi connectivity index (χ1) is 15.3. The molecule has 0 unspecified atom stereocenters. The van der Waals surface area contributed by atoms with Crippen molar-refractivity contribution in [2.24, 2.45) is 4.99 Å². The molecule has 0 saturated heterocycles. The van der Waals surface area contributed by atoms with Gasteiger partial charge in [-0.25, -0.2) is 9.67 Å². The predicted molar refractivity (Wildman–Crippen MR) is 123 cm³/mol. The third kappa shape index (κ3) is 5.60. The lowest BCUT2D eigenvalue weighted by Crippen LogP contribution is -2.37. The SMILES string of the molecule is CCNC(=NCc1ccc(-n2cccn2)cc1)NCc1ccccc1Cn1cccn1. The summed E-state index contributed by atoms with van der Waals surface area (Å²) in [7, 11) is 0. The van der Waals surface area contributed by atoms with Crippen LogP contribution in [0, 0.1) is 0 Å². The highest BCUT2D eigenvalue weighted by atomic mass is 15.3. The number of aromatic nitrogens is 4.